The molecule has 0 saturated heterocycles. The molecular weight excluding hydrogens is 318 g/mol. The molecule has 2 rings (SSSR count). The van der Waals surface area contributed by atoms with E-state index in [-0.39, 0.29) is 12.5 Å². The third kappa shape index (κ3) is 6.66. The normalized spacial score (nSPS) is 10.2. The summed E-state index contributed by atoms with van der Waals surface area (Å²) in [4.78, 5) is 20.4. The van der Waals surface area contributed by atoms with Gasteiger partial charge in [0.15, 0.2) is 6.61 Å². The number of nitrogens with zero attached hydrogens (tertiary/aromatic N) is 2. The van der Waals surface area contributed by atoms with Crippen molar-refractivity contribution in [1.29, 1.82) is 0 Å². The SMILES string of the molecule is CCNc1nc(C)cc(NCCNC(=O)COc2ccc(C)cc2)n1. The maximum absolute atomic E-state index is 11.8. The Bertz CT molecular complexity index is 688. The van der Waals surface area contributed by atoms with Crippen LogP contribution in [0, 0.1) is 13.8 Å². The number of rotatable bonds is 9. The Balaban J connectivity index is 1.68. The van der Waals surface area contributed by atoms with Crippen LogP contribution in [-0.2, 0) is 4.79 Å². The number of amides is 1. The molecule has 134 valence electrons. The molecule has 1 aromatic carbocycles. The predicted molar refractivity (Wildman–Crippen MR) is 99.1 cm³/mol. The van der Waals surface area contributed by atoms with E-state index >= 15 is 0 Å². The van der Waals surface area contributed by atoms with Crippen LogP contribution >= 0.6 is 0 Å². The van der Waals surface area contributed by atoms with E-state index < -0.39 is 0 Å². The topological polar surface area (TPSA) is 88.2 Å². The molecule has 1 heterocycles. The quantitative estimate of drug-likeness (QED) is 0.605. The lowest BCUT2D eigenvalue weighted by molar-refractivity contribution is -0.123. The van der Waals surface area contributed by atoms with Gasteiger partial charge in [-0.3, -0.25) is 4.79 Å². The summed E-state index contributed by atoms with van der Waals surface area (Å²) in [6.45, 7) is 7.73. The van der Waals surface area contributed by atoms with Gasteiger partial charge in [-0.2, -0.15) is 4.98 Å². The highest BCUT2D eigenvalue weighted by atomic mass is 16.5. The lowest BCUT2D eigenvalue weighted by Crippen LogP contribution is -2.32. The Hall–Kier alpha value is -2.83. The molecule has 0 aliphatic heterocycles. The minimum absolute atomic E-state index is 0.000242. The standard InChI is InChI=1S/C18H25N5O2/c1-4-19-18-22-14(3)11-16(23-18)20-9-10-21-17(24)12-25-15-7-5-13(2)6-8-15/h5-8,11H,4,9-10,12H2,1-3H3,(H,21,24)(H2,19,20,22,23). The largest absolute Gasteiger partial charge is 0.484 e. The summed E-state index contributed by atoms with van der Waals surface area (Å²) in [5, 5.41) is 9.06. The van der Waals surface area contributed by atoms with Gasteiger partial charge < -0.3 is 20.7 Å². The predicted octanol–water partition coefficient (Wildman–Crippen LogP) is 2.13. The number of anilines is 2. The fraction of sp³-hybridized carbons (Fsp3) is 0.389. The second-order valence-corrected chi connectivity index (χ2v) is 5.63. The van der Waals surface area contributed by atoms with Crippen LogP contribution in [0.15, 0.2) is 30.3 Å². The first-order chi connectivity index (χ1) is 12.1. The zero-order valence-corrected chi connectivity index (χ0v) is 14.9. The van der Waals surface area contributed by atoms with Gasteiger partial charge in [0.1, 0.15) is 11.6 Å². The fourth-order valence-corrected chi connectivity index (χ4v) is 2.12. The van der Waals surface area contributed by atoms with E-state index in [4.69, 9.17) is 4.74 Å². The van der Waals surface area contributed by atoms with Crippen LogP contribution in [0.25, 0.3) is 0 Å². The molecule has 7 heteroatoms. The van der Waals surface area contributed by atoms with E-state index in [1.54, 1.807) is 0 Å². The zero-order valence-electron chi connectivity index (χ0n) is 14.9. The van der Waals surface area contributed by atoms with Gasteiger partial charge in [-0.05, 0) is 32.9 Å². The van der Waals surface area contributed by atoms with Crippen molar-refractivity contribution in [1.82, 2.24) is 15.3 Å². The summed E-state index contributed by atoms with van der Waals surface area (Å²) in [5.41, 5.74) is 2.03. The molecule has 0 saturated carbocycles. The van der Waals surface area contributed by atoms with Gasteiger partial charge in [0.2, 0.25) is 5.95 Å². The van der Waals surface area contributed by atoms with Crippen LogP contribution in [0.2, 0.25) is 0 Å². The summed E-state index contributed by atoms with van der Waals surface area (Å²) in [5.74, 6) is 1.86. The van der Waals surface area contributed by atoms with E-state index in [9.17, 15) is 4.79 Å². The van der Waals surface area contributed by atoms with E-state index in [0.717, 1.165) is 23.6 Å². The number of hydrogen-bond donors (Lipinski definition) is 3. The Morgan fingerprint density at radius 1 is 1.08 bits per heavy atom. The molecular formula is C18H25N5O2. The van der Waals surface area contributed by atoms with Gasteiger partial charge in [-0.15, -0.1) is 0 Å². The van der Waals surface area contributed by atoms with Crippen LogP contribution < -0.4 is 20.7 Å². The fourth-order valence-electron chi connectivity index (χ4n) is 2.12. The Kier molecular flexibility index (Phi) is 7.00. The Labute approximate surface area is 148 Å². The van der Waals surface area contributed by atoms with Crippen LogP contribution in [-0.4, -0.2) is 42.1 Å². The van der Waals surface area contributed by atoms with Gasteiger partial charge in [-0.25, -0.2) is 4.98 Å². The first kappa shape index (κ1) is 18.5. The van der Waals surface area contributed by atoms with Gasteiger partial charge >= 0.3 is 0 Å². The Morgan fingerprint density at radius 3 is 2.56 bits per heavy atom. The number of carbonyl (C=O) groups excluding carboxylic acids is 1. The molecule has 0 aliphatic carbocycles. The minimum atomic E-state index is -0.158. The lowest BCUT2D eigenvalue weighted by Gasteiger charge is -2.10. The molecule has 0 aliphatic rings. The number of nitrogens with one attached hydrogen (secondary N) is 3. The van der Waals surface area contributed by atoms with Gasteiger partial charge in [-0.1, -0.05) is 17.7 Å². The molecule has 3 N–H and O–H groups in total. The molecule has 1 aromatic heterocycles. The molecule has 0 spiro atoms. The van der Waals surface area contributed by atoms with Crippen molar-refractivity contribution in [3.63, 3.8) is 0 Å². The third-order valence-corrected chi connectivity index (χ3v) is 3.33. The van der Waals surface area contributed by atoms with Crippen LogP contribution in [0.3, 0.4) is 0 Å². The molecule has 2 aromatic rings. The van der Waals surface area contributed by atoms with Crippen molar-refractivity contribution in [3.8, 4) is 5.75 Å². The van der Waals surface area contributed by atoms with Crippen LogP contribution in [0.5, 0.6) is 5.75 Å². The van der Waals surface area contributed by atoms with Gasteiger partial charge in [0, 0.05) is 31.4 Å². The average Bonchev–Trinajstić information content (AvgIpc) is 2.58. The van der Waals surface area contributed by atoms with Crippen LogP contribution in [0.1, 0.15) is 18.2 Å². The van der Waals surface area contributed by atoms with E-state index in [2.05, 4.69) is 25.9 Å². The minimum Gasteiger partial charge on any atom is -0.484 e. The molecule has 0 bridgehead atoms. The number of aryl methyl sites for hydroxylation is 2. The second-order valence-electron chi connectivity index (χ2n) is 5.63. The molecule has 0 atom stereocenters. The number of carbonyl (C=O) groups is 1. The zero-order chi connectivity index (χ0) is 18.1. The first-order valence-electron chi connectivity index (χ1n) is 8.36. The van der Waals surface area contributed by atoms with E-state index in [0.29, 0.717) is 24.8 Å². The summed E-state index contributed by atoms with van der Waals surface area (Å²) >= 11 is 0. The van der Waals surface area contributed by atoms with Crippen molar-refractivity contribution >= 4 is 17.7 Å². The highest BCUT2D eigenvalue weighted by Gasteiger charge is 2.03. The van der Waals surface area contributed by atoms with Crippen molar-refractivity contribution in [2.24, 2.45) is 0 Å². The molecule has 0 unspecified atom stereocenters. The van der Waals surface area contributed by atoms with Crippen molar-refractivity contribution in [3.05, 3.63) is 41.6 Å². The summed E-state index contributed by atoms with van der Waals surface area (Å²) in [6, 6.07) is 9.46. The molecule has 0 radical (unpaired) electrons. The van der Waals surface area contributed by atoms with E-state index in [1.165, 1.54) is 0 Å². The van der Waals surface area contributed by atoms with E-state index in [1.807, 2.05) is 51.1 Å². The lowest BCUT2D eigenvalue weighted by atomic mass is 10.2. The third-order valence-electron chi connectivity index (χ3n) is 3.33. The number of benzene rings is 1. The molecule has 25 heavy (non-hydrogen) atoms. The highest BCUT2D eigenvalue weighted by Crippen LogP contribution is 2.11. The van der Waals surface area contributed by atoms with Gasteiger partial charge in [0.05, 0.1) is 0 Å². The monoisotopic (exact) mass is 343 g/mol. The van der Waals surface area contributed by atoms with Crippen LogP contribution in [0.4, 0.5) is 11.8 Å². The average molecular weight is 343 g/mol. The second kappa shape index (κ2) is 9.46. The Morgan fingerprint density at radius 2 is 1.84 bits per heavy atom. The van der Waals surface area contributed by atoms with Crippen molar-refractivity contribution in [2.75, 3.05) is 36.9 Å². The molecule has 1 amide bonds. The highest BCUT2D eigenvalue weighted by molar-refractivity contribution is 5.77. The van der Waals surface area contributed by atoms with Crippen molar-refractivity contribution < 1.29 is 9.53 Å². The van der Waals surface area contributed by atoms with Crippen molar-refractivity contribution in [2.45, 2.75) is 20.8 Å². The smallest absolute Gasteiger partial charge is 0.258 e. The van der Waals surface area contributed by atoms with Gasteiger partial charge in [0.25, 0.3) is 5.91 Å². The summed E-state index contributed by atoms with van der Waals surface area (Å²) in [7, 11) is 0. The maximum Gasteiger partial charge on any atom is 0.258 e. The summed E-state index contributed by atoms with van der Waals surface area (Å²) in [6.07, 6.45) is 0. The molecule has 7 nitrogen and oxygen atoms in total. The maximum atomic E-state index is 11.8. The molecule has 0 fully saturated rings. The number of hydrogen-bond acceptors (Lipinski definition) is 6. The number of ether oxygens (including phenoxy) is 1. The summed E-state index contributed by atoms with van der Waals surface area (Å²) < 4.78 is 5.44. The first-order valence-corrected chi connectivity index (χ1v) is 8.36. The number of aromatic nitrogens is 2.